The second-order valence-corrected chi connectivity index (χ2v) is 4.60. The van der Waals surface area contributed by atoms with Gasteiger partial charge in [-0.1, -0.05) is 26.0 Å². The predicted molar refractivity (Wildman–Crippen MR) is 75.3 cm³/mol. The van der Waals surface area contributed by atoms with Crippen LogP contribution >= 0.6 is 0 Å². The average Bonchev–Trinajstić information content (AvgIpc) is 2.27. The molecule has 0 aliphatic carbocycles. The molecule has 0 saturated carbocycles. The molecule has 0 unspecified atom stereocenters. The van der Waals surface area contributed by atoms with Crippen LogP contribution in [0, 0.1) is 0 Å². The first-order valence-corrected chi connectivity index (χ1v) is 6.18. The van der Waals surface area contributed by atoms with Gasteiger partial charge in [-0.2, -0.15) is 0 Å². The number of nitrogens with one attached hydrogen (secondary N) is 1. The van der Waals surface area contributed by atoms with Gasteiger partial charge in [-0.15, -0.1) is 0 Å². The van der Waals surface area contributed by atoms with Gasteiger partial charge in [-0.25, -0.2) is 4.79 Å². The molecule has 1 rings (SSSR count). The summed E-state index contributed by atoms with van der Waals surface area (Å²) in [5.74, 6) is 0. The van der Waals surface area contributed by atoms with Crippen molar-refractivity contribution in [1.29, 1.82) is 0 Å². The van der Waals surface area contributed by atoms with Crippen LogP contribution in [0.4, 0.5) is 10.5 Å². The lowest BCUT2D eigenvalue weighted by atomic mass is 10.2. The van der Waals surface area contributed by atoms with Crippen molar-refractivity contribution in [2.24, 2.45) is 0 Å². The third-order valence-corrected chi connectivity index (χ3v) is 1.79. The summed E-state index contributed by atoms with van der Waals surface area (Å²) in [7, 11) is 0. The average molecular weight is 252 g/mol. The molecule has 0 fully saturated rings. The fraction of sp³-hybridized carbons (Fsp3) is 0.500. The van der Waals surface area contributed by atoms with Crippen molar-refractivity contribution < 1.29 is 9.53 Å². The van der Waals surface area contributed by atoms with Crippen LogP contribution < -0.4 is 11.1 Å². The van der Waals surface area contributed by atoms with E-state index in [1.165, 1.54) is 0 Å². The molecule has 4 heteroatoms. The summed E-state index contributed by atoms with van der Waals surface area (Å²) < 4.78 is 5.11. The molecule has 102 valence electrons. The summed E-state index contributed by atoms with van der Waals surface area (Å²) in [6.45, 7) is 9.90. The second kappa shape index (κ2) is 7.58. The molecule has 0 spiro atoms. The first kappa shape index (κ1) is 16.3. The fourth-order valence-electron chi connectivity index (χ4n) is 1.19. The van der Waals surface area contributed by atoms with Gasteiger partial charge in [-0.3, -0.25) is 0 Å². The van der Waals surface area contributed by atoms with Crippen molar-refractivity contribution in [2.45, 2.75) is 46.8 Å². The standard InChI is InChI=1S/C12H18N2O2.C2H6/c1-12(2,3)16-11(15)14-8-9-5-4-6-10(13)7-9;1-2/h4-7H,8,13H2,1-3H3,(H,14,15);1-2H3. The Balaban J connectivity index is 0.00000137. The number of hydrogen-bond acceptors (Lipinski definition) is 3. The molecule has 0 aliphatic rings. The monoisotopic (exact) mass is 252 g/mol. The molecule has 0 bridgehead atoms. The Morgan fingerprint density at radius 3 is 2.44 bits per heavy atom. The number of benzene rings is 1. The van der Waals surface area contributed by atoms with Crippen molar-refractivity contribution in [2.75, 3.05) is 5.73 Å². The minimum absolute atomic E-state index is 0.417. The number of nitrogens with two attached hydrogens (primary N) is 1. The van der Waals surface area contributed by atoms with E-state index in [0.29, 0.717) is 12.2 Å². The van der Waals surface area contributed by atoms with Crippen molar-refractivity contribution in [1.82, 2.24) is 5.32 Å². The quantitative estimate of drug-likeness (QED) is 0.794. The van der Waals surface area contributed by atoms with E-state index in [0.717, 1.165) is 5.56 Å². The van der Waals surface area contributed by atoms with Gasteiger partial charge in [0, 0.05) is 12.2 Å². The van der Waals surface area contributed by atoms with E-state index in [1.54, 1.807) is 6.07 Å². The van der Waals surface area contributed by atoms with Gasteiger partial charge >= 0.3 is 6.09 Å². The van der Waals surface area contributed by atoms with Gasteiger partial charge in [0.25, 0.3) is 0 Å². The molecule has 0 radical (unpaired) electrons. The van der Waals surface area contributed by atoms with E-state index < -0.39 is 11.7 Å². The summed E-state index contributed by atoms with van der Waals surface area (Å²) in [5.41, 5.74) is 6.78. The first-order chi connectivity index (χ1) is 8.37. The molecule has 0 heterocycles. The normalized spacial score (nSPS) is 10.1. The fourth-order valence-corrected chi connectivity index (χ4v) is 1.19. The van der Waals surface area contributed by atoms with E-state index in [4.69, 9.17) is 10.5 Å². The van der Waals surface area contributed by atoms with Crippen LogP contribution in [0.25, 0.3) is 0 Å². The molecule has 1 aromatic carbocycles. The number of anilines is 1. The van der Waals surface area contributed by atoms with Crippen molar-refractivity contribution >= 4 is 11.8 Å². The Bertz CT molecular complexity index is 370. The minimum Gasteiger partial charge on any atom is -0.444 e. The van der Waals surface area contributed by atoms with Crippen molar-refractivity contribution in [3.05, 3.63) is 29.8 Å². The topological polar surface area (TPSA) is 64.3 Å². The summed E-state index contributed by atoms with van der Waals surface area (Å²) in [6, 6.07) is 7.36. The predicted octanol–water partition coefficient (Wildman–Crippen LogP) is 3.32. The van der Waals surface area contributed by atoms with Crippen LogP contribution in [-0.4, -0.2) is 11.7 Å². The SMILES string of the molecule is CC.CC(C)(C)OC(=O)NCc1cccc(N)c1. The Hall–Kier alpha value is -1.71. The molecule has 18 heavy (non-hydrogen) atoms. The largest absolute Gasteiger partial charge is 0.444 e. The maximum Gasteiger partial charge on any atom is 0.407 e. The summed E-state index contributed by atoms with van der Waals surface area (Å²) in [5, 5.41) is 2.67. The van der Waals surface area contributed by atoms with Crippen LogP contribution in [0.15, 0.2) is 24.3 Å². The number of ether oxygens (including phenoxy) is 1. The van der Waals surface area contributed by atoms with Crippen molar-refractivity contribution in [3.8, 4) is 0 Å². The summed E-state index contributed by atoms with van der Waals surface area (Å²) in [4.78, 5) is 11.4. The molecule has 3 N–H and O–H groups in total. The number of nitrogen functional groups attached to an aromatic ring is 1. The number of carbonyl (C=O) groups is 1. The van der Waals surface area contributed by atoms with Crippen molar-refractivity contribution in [3.63, 3.8) is 0 Å². The molecule has 1 amide bonds. The summed E-state index contributed by atoms with van der Waals surface area (Å²) >= 11 is 0. The van der Waals surface area contributed by atoms with Crippen LogP contribution in [0.1, 0.15) is 40.2 Å². The maximum atomic E-state index is 11.4. The van der Waals surface area contributed by atoms with Crippen LogP contribution in [0.2, 0.25) is 0 Å². The first-order valence-electron chi connectivity index (χ1n) is 6.18. The molecule has 0 atom stereocenters. The highest BCUT2D eigenvalue weighted by Gasteiger charge is 2.15. The highest BCUT2D eigenvalue weighted by molar-refractivity contribution is 5.67. The smallest absolute Gasteiger partial charge is 0.407 e. The number of carbonyl (C=O) groups excluding carboxylic acids is 1. The molecular formula is C14H24N2O2. The van der Waals surface area contributed by atoms with Gasteiger partial charge in [0.15, 0.2) is 0 Å². The maximum absolute atomic E-state index is 11.4. The Kier molecular flexibility index (Phi) is 6.86. The second-order valence-electron chi connectivity index (χ2n) is 4.60. The number of alkyl carbamates (subject to hydrolysis) is 1. The molecule has 0 aromatic heterocycles. The van der Waals surface area contributed by atoms with E-state index in [-0.39, 0.29) is 0 Å². The summed E-state index contributed by atoms with van der Waals surface area (Å²) in [6.07, 6.45) is -0.421. The Morgan fingerprint density at radius 1 is 1.33 bits per heavy atom. The van der Waals surface area contributed by atoms with Crippen LogP contribution in [0.5, 0.6) is 0 Å². The molecule has 1 aromatic rings. The molecular weight excluding hydrogens is 228 g/mol. The minimum atomic E-state index is -0.472. The number of amides is 1. The Morgan fingerprint density at radius 2 is 1.94 bits per heavy atom. The Labute approximate surface area is 110 Å². The lowest BCUT2D eigenvalue weighted by Gasteiger charge is -2.19. The van der Waals surface area contributed by atoms with Gasteiger partial charge in [-0.05, 0) is 38.5 Å². The zero-order valence-electron chi connectivity index (χ0n) is 11.9. The third-order valence-electron chi connectivity index (χ3n) is 1.79. The third kappa shape index (κ3) is 7.54. The molecule has 4 nitrogen and oxygen atoms in total. The number of hydrogen-bond donors (Lipinski definition) is 2. The van der Waals surface area contributed by atoms with Gasteiger partial charge < -0.3 is 15.8 Å². The van der Waals surface area contributed by atoms with E-state index in [2.05, 4.69) is 5.32 Å². The van der Waals surface area contributed by atoms with Crippen LogP contribution in [-0.2, 0) is 11.3 Å². The zero-order valence-corrected chi connectivity index (χ0v) is 11.9. The highest BCUT2D eigenvalue weighted by Crippen LogP contribution is 2.08. The van der Waals surface area contributed by atoms with E-state index in [9.17, 15) is 4.79 Å². The van der Waals surface area contributed by atoms with E-state index >= 15 is 0 Å². The highest BCUT2D eigenvalue weighted by atomic mass is 16.6. The van der Waals surface area contributed by atoms with Crippen LogP contribution in [0.3, 0.4) is 0 Å². The molecule has 0 saturated heterocycles. The van der Waals surface area contributed by atoms with Gasteiger partial charge in [0.2, 0.25) is 0 Å². The van der Waals surface area contributed by atoms with E-state index in [1.807, 2.05) is 52.8 Å². The van der Waals surface area contributed by atoms with Gasteiger partial charge in [0.05, 0.1) is 0 Å². The lowest BCUT2D eigenvalue weighted by molar-refractivity contribution is 0.0523. The number of rotatable bonds is 2. The van der Waals surface area contributed by atoms with Gasteiger partial charge in [0.1, 0.15) is 5.60 Å². The molecule has 0 aliphatic heterocycles. The lowest BCUT2D eigenvalue weighted by Crippen LogP contribution is -2.32. The zero-order chi connectivity index (χ0) is 14.2.